The van der Waals surface area contributed by atoms with Gasteiger partial charge in [-0.1, -0.05) is 12.1 Å². The first-order valence-corrected chi connectivity index (χ1v) is 7.15. The molecule has 2 aromatic rings. The lowest BCUT2D eigenvalue weighted by Gasteiger charge is -2.24. The molecule has 0 saturated carbocycles. The third-order valence-electron chi connectivity index (χ3n) is 3.40. The Morgan fingerprint density at radius 1 is 1.12 bits per heavy atom. The quantitative estimate of drug-likeness (QED) is 0.649. The molecule has 0 amide bonds. The van der Waals surface area contributed by atoms with Crippen molar-refractivity contribution in [3.63, 3.8) is 0 Å². The lowest BCUT2D eigenvalue weighted by atomic mass is 10.1. The molecule has 1 aliphatic rings. The van der Waals surface area contributed by atoms with E-state index in [1.165, 1.54) is 12.1 Å². The minimum Gasteiger partial charge on any atom is -0.508 e. The molecule has 1 aliphatic heterocycles. The van der Waals surface area contributed by atoms with Gasteiger partial charge in [0, 0.05) is 6.07 Å². The van der Waals surface area contributed by atoms with Crippen LogP contribution in [0.1, 0.15) is 10.4 Å². The van der Waals surface area contributed by atoms with Crippen LogP contribution in [0, 0.1) is 0 Å². The standard InChI is InChI=1S/C17H14O7/c18-10-5-6-11(12(19)7-10)13(20)8-23-17(21)16-9-22-14-3-1-2-4-15(14)24-16/h1-7,16,18-19H,8-9H2/t16-/m0/s1. The average molecular weight is 330 g/mol. The third kappa shape index (κ3) is 3.24. The van der Waals surface area contributed by atoms with E-state index in [4.69, 9.17) is 14.2 Å². The Labute approximate surface area is 137 Å². The number of benzene rings is 2. The maximum atomic E-state index is 12.0. The van der Waals surface area contributed by atoms with E-state index >= 15 is 0 Å². The van der Waals surface area contributed by atoms with Gasteiger partial charge in [0.05, 0.1) is 5.56 Å². The Morgan fingerprint density at radius 3 is 2.62 bits per heavy atom. The first-order valence-electron chi connectivity index (χ1n) is 7.15. The molecule has 0 aliphatic carbocycles. The van der Waals surface area contributed by atoms with E-state index in [0.717, 1.165) is 6.07 Å². The number of esters is 1. The van der Waals surface area contributed by atoms with Crippen LogP contribution >= 0.6 is 0 Å². The highest BCUT2D eigenvalue weighted by molar-refractivity contribution is 6.00. The molecule has 0 radical (unpaired) electrons. The minimum absolute atomic E-state index is 0.0193. The van der Waals surface area contributed by atoms with E-state index in [2.05, 4.69) is 0 Å². The van der Waals surface area contributed by atoms with Crippen molar-refractivity contribution < 1.29 is 34.0 Å². The molecular weight excluding hydrogens is 316 g/mol. The molecule has 0 aromatic heterocycles. The van der Waals surface area contributed by atoms with Crippen molar-refractivity contribution in [2.45, 2.75) is 6.10 Å². The molecule has 1 atom stereocenters. The molecule has 2 aromatic carbocycles. The van der Waals surface area contributed by atoms with Crippen LogP contribution < -0.4 is 9.47 Å². The zero-order valence-corrected chi connectivity index (χ0v) is 12.5. The largest absolute Gasteiger partial charge is 0.508 e. The maximum absolute atomic E-state index is 12.0. The van der Waals surface area contributed by atoms with Crippen LogP contribution in [-0.4, -0.2) is 41.3 Å². The zero-order chi connectivity index (χ0) is 17.1. The van der Waals surface area contributed by atoms with Crippen molar-refractivity contribution in [2.24, 2.45) is 0 Å². The molecule has 1 heterocycles. The number of hydrogen-bond donors (Lipinski definition) is 2. The van der Waals surface area contributed by atoms with Crippen LogP contribution in [0.2, 0.25) is 0 Å². The van der Waals surface area contributed by atoms with Crippen LogP contribution in [0.15, 0.2) is 42.5 Å². The van der Waals surface area contributed by atoms with Gasteiger partial charge in [0.2, 0.25) is 11.9 Å². The summed E-state index contributed by atoms with van der Waals surface area (Å²) in [5.74, 6) is -0.941. The first-order chi connectivity index (χ1) is 11.5. The Kier molecular flexibility index (Phi) is 4.24. The summed E-state index contributed by atoms with van der Waals surface area (Å²) in [4.78, 5) is 24.0. The second kappa shape index (κ2) is 6.49. The number of phenolic OH excluding ortho intramolecular Hbond substituents is 2. The summed E-state index contributed by atoms with van der Waals surface area (Å²) in [6.07, 6.45) is -0.971. The summed E-state index contributed by atoms with van der Waals surface area (Å²) in [6, 6.07) is 10.4. The molecule has 0 bridgehead atoms. The number of ether oxygens (including phenoxy) is 3. The van der Waals surface area contributed by atoms with E-state index < -0.39 is 24.5 Å². The van der Waals surface area contributed by atoms with Crippen LogP contribution in [0.3, 0.4) is 0 Å². The van der Waals surface area contributed by atoms with E-state index in [1.807, 2.05) is 0 Å². The Morgan fingerprint density at radius 2 is 1.88 bits per heavy atom. The van der Waals surface area contributed by atoms with Crippen LogP contribution in [-0.2, 0) is 9.53 Å². The van der Waals surface area contributed by atoms with Gasteiger partial charge in [-0.25, -0.2) is 4.79 Å². The number of rotatable bonds is 4. The van der Waals surface area contributed by atoms with Gasteiger partial charge in [0.25, 0.3) is 0 Å². The predicted molar refractivity (Wildman–Crippen MR) is 81.4 cm³/mol. The number of carbonyl (C=O) groups excluding carboxylic acids is 2. The second-order valence-electron chi connectivity index (χ2n) is 5.10. The number of hydrogen-bond acceptors (Lipinski definition) is 7. The maximum Gasteiger partial charge on any atom is 0.351 e. The third-order valence-corrected chi connectivity index (χ3v) is 3.40. The van der Waals surface area contributed by atoms with Gasteiger partial charge >= 0.3 is 5.97 Å². The molecule has 2 N–H and O–H groups in total. The molecule has 3 rings (SSSR count). The normalized spacial score (nSPS) is 15.6. The lowest BCUT2D eigenvalue weighted by molar-refractivity contribution is -0.153. The van der Waals surface area contributed by atoms with Gasteiger partial charge in [-0.05, 0) is 24.3 Å². The topological polar surface area (TPSA) is 102 Å². The highest BCUT2D eigenvalue weighted by atomic mass is 16.6. The molecule has 0 saturated heterocycles. The van der Waals surface area contributed by atoms with E-state index in [0.29, 0.717) is 11.5 Å². The van der Waals surface area contributed by atoms with Crippen LogP contribution in [0.4, 0.5) is 0 Å². The van der Waals surface area contributed by atoms with Crippen molar-refractivity contribution in [2.75, 3.05) is 13.2 Å². The van der Waals surface area contributed by atoms with Crippen molar-refractivity contribution >= 4 is 11.8 Å². The van der Waals surface area contributed by atoms with Crippen molar-refractivity contribution in [1.29, 1.82) is 0 Å². The van der Waals surface area contributed by atoms with E-state index in [1.54, 1.807) is 24.3 Å². The van der Waals surface area contributed by atoms with Gasteiger partial charge in [-0.15, -0.1) is 0 Å². The molecule has 0 unspecified atom stereocenters. The summed E-state index contributed by atoms with van der Waals surface area (Å²) in [5.41, 5.74) is -0.0493. The van der Waals surface area contributed by atoms with Gasteiger partial charge in [0.1, 0.15) is 18.1 Å². The summed E-state index contributed by atoms with van der Waals surface area (Å²) in [7, 11) is 0. The van der Waals surface area contributed by atoms with Crippen LogP contribution in [0.5, 0.6) is 23.0 Å². The summed E-state index contributed by atoms with van der Waals surface area (Å²) < 4.78 is 15.8. The van der Waals surface area contributed by atoms with Crippen LogP contribution in [0.25, 0.3) is 0 Å². The van der Waals surface area contributed by atoms with Gasteiger partial charge in [-0.3, -0.25) is 4.79 Å². The molecule has 0 fully saturated rings. The summed E-state index contributed by atoms with van der Waals surface area (Å²) >= 11 is 0. The molecule has 7 nitrogen and oxygen atoms in total. The molecule has 7 heteroatoms. The number of para-hydroxylation sites is 2. The number of Topliss-reactive ketones (excluding diaryl/α,β-unsaturated/α-hetero) is 1. The van der Waals surface area contributed by atoms with Gasteiger partial charge in [-0.2, -0.15) is 0 Å². The van der Waals surface area contributed by atoms with Gasteiger partial charge < -0.3 is 24.4 Å². The molecule has 0 spiro atoms. The van der Waals surface area contributed by atoms with Gasteiger partial charge in [0.15, 0.2) is 18.1 Å². The summed E-state index contributed by atoms with van der Waals surface area (Å²) in [5, 5.41) is 18.8. The number of phenols is 2. The minimum atomic E-state index is -0.971. The monoisotopic (exact) mass is 330 g/mol. The fourth-order valence-corrected chi connectivity index (χ4v) is 2.20. The number of aromatic hydroxyl groups is 2. The lowest BCUT2D eigenvalue weighted by Crippen LogP contribution is -2.38. The average Bonchev–Trinajstić information content (AvgIpc) is 2.59. The molecule has 124 valence electrons. The SMILES string of the molecule is O=C(COC(=O)[C@@H]1COc2ccccc2O1)c1ccc(O)cc1O. The van der Waals surface area contributed by atoms with Crippen molar-refractivity contribution in [3.8, 4) is 23.0 Å². The first kappa shape index (κ1) is 15.7. The van der Waals surface area contributed by atoms with E-state index in [-0.39, 0.29) is 23.7 Å². The smallest absolute Gasteiger partial charge is 0.351 e. The Bertz CT molecular complexity index is 784. The second-order valence-corrected chi connectivity index (χ2v) is 5.10. The predicted octanol–water partition coefficient (Wildman–Crippen LogP) is 1.66. The zero-order valence-electron chi connectivity index (χ0n) is 12.5. The number of carbonyl (C=O) groups is 2. The van der Waals surface area contributed by atoms with Crippen molar-refractivity contribution in [1.82, 2.24) is 0 Å². The molecular formula is C17H14O7. The number of fused-ring (bicyclic) bond motifs is 1. The highest BCUT2D eigenvalue weighted by Crippen LogP contribution is 2.31. The fraction of sp³-hybridized carbons (Fsp3) is 0.176. The van der Waals surface area contributed by atoms with E-state index in [9.17, 15) is 19.8 Å². The fourth-order valence-electron chi connectivity index (χ4n) is 2.20. The number of ketones is 1. The molecule has 24 heavy (non-hydrogen) atoms. The highest BCUT2D eigenvalue weighted by Gasteiger charge is 2.29. The van der Waals surface area contributed by atoms with Crippen molar-refractivity contribution in [3.05, 3.63) is 48.0 Å². The Balaban J connectivity index is 1.59. The summed E-state index contributed by atoms with van der Waals surface area (Å²) in [6.45, 7) is -0.576. The Hall–Kier alpha value is -3.22.